The lowest BCUT2D eigenvalue weighted by atomic mass is 9.93. The van der Waals surface area contributed by atoms with E-state index in [1.165, 1.54) is 0 Å². The maximum atomic E-state index is 5.62. The first kappa shape index (κ1) is 8.11. The molecule has 0 spiro atoms. The molecule has 0 aromatic carbocycles. The zero-order chi connectivity index (χ0) is 8.43. The third-order valence-corrected chi connectivity index (χ3v) is 1.59. The Morgan fingerprint density at radius 1 is 1.55 bits per heavy atom. The highest BCUT2D eigenvalue weighted by Crippen LogP contribution is 2.17. The monoisotopic (exact) mass is 146 g/mol. The number of nitrogens with two attached hydrogens (primary N) is 1. The van der Waals surface area contributed by atoms with Gasteiger partial charge in [0.15, 0.2) is 0 Å². The Hall–Kier alpha value is -0.985. The fourth-order valence-corrected chi connectivity index (χ4v) is 0.972. The Morgan fingerprint density at radius 2 is 2.18 bits per heavy atom. The molecule has 0 bridgehead atoms. The molecule has 56 valence electrons. The maximum absolute atomic E-state index is 5.62. The van der Waals surface area contributed by atoms with Gasteiger partial charge >= 0.3 is 0 Å². The van der Waals surface area contributed by atoms with Crippen molar-refractivity contribution < 1.29 is 0 Å². The number of hydrogen-bond acceptors (Lipinski definition) is 2. The molecular formula is C8H11BN2. The Labute approximate surface area is 68.2 Å². The first-order valence-corrected chi connectivity index (χ1v) is 3.62. The lowest BCUT2D eigenvalue weighted by Gasteiger charge is -2.08. The summed E-state index contributed by atoms with van der Waals surface area (Å²) < 4.78 is 0. The van der Waals surface area contributed by atoms with Crippen LogP contribution in [0.4, 0.5) is 5.82 Å². The summed E-state index contributed by atoms with van der Waals surface area (Å²) in [4.78, 5) is 3.95. The highest BCUT2D eigenvalue weighted by atomic mass is 14.8. The van der Waals surface area contributed by atoms with Gasteiger partial charge in [-0.25, -0.2) is 4.98 Å². The molecule has 0 fully saturated rings. The second-order valence-electron chi connectivity index (χ2n) is 2.90. The zero-order valence-corrected chi connectivity index (χ0v) is 6.83. The Morgan fingerprint density at radius 3 is 2.64 bits per heavy atom. The van der Waals surface area contributed by atoms with E-state index in [0.29, 0.717) is 17.2 Å². The molecule has 1 aromatic heterocycles. The van der Waals surface area contributed by atoms with Gasteiger partial charge in [-0.2, -0.15) is 0 Å². The van der Waals surface area contributed by atoms with Crippen LogP contribution in [0, 0.1) is 0 Å². The van der Waals surface area contributed by atoms with Crippen LogP contribution >= 0.6 is 0 Å². The standard InChI is InChI=1S/C8H11BN2/c1-5(2)7-3-6(9)4-11-8(7)10/h3-5H,1-2H3,(H2,10,11). The number of hydrogen-bond donors (Lipinski definition) is 1. The van der Waals surface area contributed by atoms with Crippen molar-refractivity contribution in [2.45, 2.75) is 19.8 Å². The molecule has 1 aromatic rings. The van der Waals surface area contributed by atoms with Gasteiger partial charge in [0.05, 0.1) is 0 Å². The van der Waals surface area contributed by atoms with E-state index in [1.807, 2.05) is 6.07 Å². The molecule has 0 aliphatic rings. The van der Waals surface area contributed by atoms with E-state index in [1.54, 1.807) is 6.20 Å². The molecule has 0 aliphatic carbocycles. The fraction of sp³-hybridized carbons (Fsp3) is 0.375. The molecule has 3 heteroatoms. The number of nitrogens with zero attached hydrogens (tertiary/aromatic N) is 1. The minimum absolute atomic E-state index is 0.381. The van der Waals surface area contributed by atoms with E-state index in [4.69, 9.17) is 13.6 Å². The topological polar surface area (TPSA) is 38.9 Å². The molecule has 0 saturated heterocycles. The lowest BCUT2D eigenvalue weighted by molar-refractivity contribution is 0.864. The van der Waals surface area contributed by atoms with Crippen LogP contribution in [-0.2, 0) is 0 Å². The van der Waals surface area contributed by atoms with Crippen LogP contribution in [-0.4, -0.2) is 12.8 Å². The minimum atomic E-state index is 0.381. The molecule has 2 radical (unpaired) electrons. The third kappa shape index (κ3) is 1.73. The van der Waals surface area contributed by atoms with Gasteiger partial charge < -0.3 is 5.73 Å². The van der Waals surface area contributed by atoms with E-state index >= 15 is 0 Å². The zero-order valence-electron chi connectivity index (χ0n) is 6.83. The average molecular weight is 146 g/mol. The molecule has 11 heavy (non-hydrogen) atoms. The summed E-state index contributed by atoms with van der Waals surface area (Å²) in [5, 5.41) is 0. The predicted octanol–water partition coefficient (Wildman–Crippen LogP) is 0.581. The minimum Gasteiger partial charge on any atom is -0.383 e. The molecule has 1 rings (SSSR count). The van der Waals surface area contributed by atoms with Crippen molar-refractivity contribution >= 4 is 19.1 Å². The van der Waals surface area contributed by atoms with Crippen molar-refractivity contribution in [1.29, 1.82) is 0 Å². The molecule has 0 aliphatic heterocycles. The summed E-state index contributed by atoms with van der Waals surface area (Å²) in [5.74, 6) is 0.959. The molecule has 1 heterocycles. The van der Waals surface area contributed by atoms with Gasteiger partial charge in [0.25, 0.3) is 0 Å². The normalized spacial score (nSPS) is 10.5. The summed E-state index contributed by atoms with van der Waals surface area (Å²) in [6, 6.07) is 1.87. The summed E-state index contributed by atoms with van der Waals surface area (Å²) in [7, 11) is 5.55. The predicted molar refractivity (Wildman–Crippen MR) is 48.1 cm³/mol. The fourth-order valence-electron chi connectivity index (χ4n) is 0.972. The summed E-state index contributed by atoms with van der Waals surface area (Å²) in [6.07, 6.45) is 1.57. The molecular weight excluding hydrogens is 135 g/mol. The first-order valence-electron chi connectivity index (χ1n) is 3.62. The molecule has 0 atom stereocenters. The Kier molecular flexibility index (Phi) is 2.18. The number of aromatic nitrogens is 1. The SMILES string of the molecule is [B]c1cnc(N)c(C(C)C)c1. The van der Waals surface area contributed by atoms with Crippen LogP contribution < -0.4 is 11.2 Å². The van der Waals surface area contributed by atoms with Gasteiger partial charge in [-0.05, 0) is 11.5 Å². The van der Waals surface area contributed by atoms with E-state index in [0.717, 1.165) is 5.56 Å². The summed E-state index contributed by atoms with van der Waals surface area (Å²) in [6.45, 7) is 4.12. The van der Waals surface area contributed by atoms with Gasteiger partial charge in [-0.3, -0.25) is 0 Å². The van der Waals surface area contributed by atoms with Crippen LogP contribution in [0.5, 0.6) is 0 Å². The van der Waals surface area contributed by atoms with Crippen molar-refractivity contribution in [2.24, 2.45) is 0 Å². The maximum Gasteiger partial charge on any atom is 0.126 e. The molecule has 0 amide bonds. The summed E-state index contributed by atoms with van der Waals surface area (Å²) >= 11 is 0. The van der Waals surface area contributed by atoms with Gasteiger partial charge in [0.2, 0.25) is 0 Å². The number of pyridine rings is 1. The highest BCUT2D eigenvalue weighted by molar-refractivity contribution is 6.32. The van der Waals surface area contributed by atoms with Gasteiger partial charge in [0, 0.05) is 6.20 Å². The van der Waals surface area contributed by atoms with E-state index in [2.05, 4.69) is 18.8 Å². The van der Waals surface area contributed by atoms with Crippen LogP contribution in [0.2, 0.25) is 0 Å². The Balaban J connectivity index is 3.13. The quantitative estimate of drug-likeness (QED) is 0.588. The van der Waals surface area contributed by atoms with Crippen molar-refractivity contribution in [3.05, 3.63) is 17.8 Å². The van der Waals surface area contributed by atoms with Crippen molar-refractivity contribution in [2.75, 3.05) is 5.73 Å². The summed E-state index contributed by atoms with van der Waals surface area (Å²) in [5.41, 5.74) is 7.31. The molecule has 2 nitrogen and oxygen atoms in total. The van der Waals surface area contributed by atoms with E-state index in [-0.39, 0.29) is 0 Å². The van der Waals surface area contributed by atoms with Crippen LogP contribution in [0.25, 0.3) is 0 Å². The van der Waals surface area contributed by atoms with E-state index in [9.17, 15) is 0 Å². The van der Waals surface area contributed by atoms with Crippen molar-refractivity contribution in [3.63, 3.8) is 0 Å². The van der Waals surface area contributed by atoms with Gasteiger partial charge in [0.1, 0.15) is 13.7 Å². The van der Waals surface area contributed by atoms with Crippen LogP contribution in [0.3, 0.4) is 0 Å². The number of nitrogen functional groups attached to an aromatic ring is 1. The molecule has 2 N–H and O–H groups in total. The number of rotatable bonds is 1. The Bertz CT molecular complexity index is 258. The second kappa shape index (κ2) is 2.95. The average Bonchev–Trinajstić information content (AvgIpc) is 1.94. The number of anilines is 1. The second-order valence-corrected chi connectivity index (χ2v) is 2.90. The van der Waals surface area contributed by atoms with Gasteiger partial charge in [-0.15, -0.1) is 0 Å². The third-order valence-electron chi connectivity index (χ3n) is 1.59. The van der Waals surface area contributed by atoms with Gasteiger partial charge in [-0.1, -0.05) is 25.4 Å². The molecule has 0 unspecified atom stereocenters. The highest BCUT2D eigenvalue weighted by Gasteiger charge is 2.03. The van der Waals surface area contributed by atoms with Crippen molar-refractivity contribution in [1.82, 2.24) is 4.98 Å². The van der Waals surface area contributed by atoms with Crippen molar-refractivity contribution in [3.8, 4) is 0 Å². The molecule has 0 saturated carbocycles. The van der Waals surface area contributed by atoms with Crippen LogP contribution in [0.1, 0.15) is 25.3 Å². The largest absolute Gasteiger partial charge is 0.383 e. The van der Waals surface area contributed by atoms with E-state index < -0.39 is 0 Å². The smallest absolute Gasteiger partial charge is 0.126 e. The first-order chi connectivity index (χ1) is 5.11. The lowest BCUT2D eigenvalue weighted by Crippen LogP contribution is -2.09. The van der Waals surface area contributed by atoms with Crippen LogP contribution in [0.15, 0.2) is 12.3 Å².